The summed E-state index contributed by atoms with van der Waals surface area (Å²) in [5.41, 5.74) is 0.810. The Labute approximate surface area is 137 Å². The Morgan fingerprint density at radius 1 is 1.17 bits per heavy atom. The smallest absolute Gasteiger partial charge is 0.363 e. The van der Waals surface area contributed by atoms with Gasteiger partial charge in [0, 0.05) is 0 Å². The minimum atomic E-state index is -0.715. The van der Waals surface area contributed by atoms with E-state index in [9.17, 15) is 14.0 Å². The molecule has 0 unspecified atom stereocenters. The molecule has 2 aromatic carbocycles. The summed E-state index contributed by atoms with van der Waals surface area (Å²) in [5, 5.41) is 0. The van der Waals surface area contributed by atoms with Crippen LogP contribution in [0.25, 0.3) is 6.08 Å². The van der Waals surface area contributed by atoms with Gasteiger partial charge in [-0.05, 0) is 29.8 Å². The highest BCUT2D eigenvalue weighted by atomic mass is 19.1. The van der Waals surface area contributed by atoms with E-state index in [2.05, 4.69) is 4.99 Å². The van der Waals surface area contributed by atoms with Gasteiger partial charge in [-0.2, -0.15) is 0 Å². The minimum Gasteiger partial charge on any atom is -0.465 e. The number of nitrogens with zero attached hydrogens (tertiary/aromatic N) is 1. The molecule has 0 saturated carbocycles. The highest BCUT2D eigenvalue weighted by Gasteiger charge is 2.26. The maximum atomic E-state index is 13.8. The molecule has 1 aliphatic rings. The summed E-state index contributed by atoms with van der Waals surface area (Å²) >= 11 is 0. The maximum Gasteiger partial charge on any atom is 0.363 e. The lowest BCUT2D eigenvalue weighted by atomic mass is 10.1. The number of carbonyl (C=O) groups excluding carboxylic acids is 2. The maximum absolute atomic E-state index is 13.8. The van der Waals surface area contributed by atoms with Gasteiger partial charge in [0.05, 0.1) is 18.2 Å². The number of aliphatic imine (C=N–C) groups is 1. The largest absolute Gasteiger partial charge is 0.465 e. The van der Waals surface area contributed by atoms with Gasteiger partial charge in [-0.3, -0.25) is 0 Å². The first kappa shape index (κ1) is 15.6. The summed E-state index contributed by atoms with van der Waals surface area (Å²) in [6.07, 6.45) is 1.41. The van der Waals surface area contributed by atoms with Gasteiger partial charge in [-0.25, -0.2) is 19.0 Å². The van der Waals surface area contributed by atoms with E-state index in [1.54, 1.807) is 30.3 Å². The van der Waals surface area contributed by atoms with Crippen LogP contribution in [0, 0.1) is 5.82 Å². The van der Waals surface area contributed by atoms with Crippen LogP contribution in [-0.4, -0.2) is 24.9 Å². The Bertz CT molecular complexity index is 886. The summed E-state index contributed by atoms with van der Waals surface area (Å²) in [6.45, 7) is 0. The third kappa shape index (κ3) is 2.94. The molecular weight excluding hydrogens is 313 g/mol. The number of methoxy groups -OCH3 is 1. The van der Waals surface area contributed by atoms with E-state index in [1.165, 1.54) is 31.4 Å². The van der Waals surface area contributed by atoms with Crippen molar-refractivity contribution < 1.29 is 23.5 Å². The molecule has 0 aromatic heterocycles. The monoisotopic (exact) mass is 325 g/mol. The van der Waals surface area contributed by atoms with Crippen molar-refractivity contribution in [1.29, 1.82) is 0 Å². The average Bonchev–Trinajstić information content (AvgIpc) is 2.95. The second-order valence-corrected chi connectivity index (χ2v) is 4.89. The predicted octanol–water partition coefficient (Wildman–Crippen LogP) is 2.96. The van der Waals surface area contributed by atoms with Crippen LogP contribution in [0.15, 0.2) is 59.2 Å². The van der Waals surface area contributed by atoms with Gasteiger partial charge in [0.15, 0.2) is 5.70 Å². The lowest BCUT2D eigenvalue weighted by molar-refractivity contribution is -0.129. The number of esters is 2. The molecule has 0 saturated heterocycles. The third-order valence-electron chi connectivity index (χ3n) is 3.38. The second kappa shape index (κ2) is 6.45. The molecule has 2 aromatic rings. The topological polar surface area (TPSA) is 65.0 Å². The first-order valence-electron chi connectivity index (χ1n) is 7.05. The Morgan fingerprint density at radius 3 is 2.62 bits per heavy atom. The lowest BCUT2D eigenvalue weighted by Crippen LogP contribution is -2.07. The van der Waals surface area contributed by atoms with Crippen LogP contribution in [0.5, 0.6) is 0 Å². The van der Waals surface area contributed by atoms with Crippen molar-refractivity contribution in [3.63, 3.8) is 0 Å². The molecule has 5 nitrogen and oxygen atoms in total. The number of hydrogen-bond donors (Lipinski definition) is 0. The predicted molar refractivity (Wildman–Crippen MR) is 84.8 cm³/mol. The number of carbonyl (C=O) groups is 2. The molecular formula is C18H12FNO4. The van der Waals surface area contributed by atoms with E-state index < -0.39 is 17.8 Å². The normalized spacial score (nSPS) is 15.2. The van der Waals surface area contributed by atoms with Gasteiger partial charge in [0.1, 0.15) is 5.82 Å². The average molecular weight is 325 g/mol. The fourth-order valence-corrected chi connectivity index (χ4v) is 2.23. The molecule has 0 atom stereocenters. The Kier molecular flexibility index (Phi) is 4.20. The highest BCUT2D eigenvalue weighted by molar-refractivity contribution is 6.13. The summed E-state index contributed by atoms with van der Waals surface area (Å²) < 4.78 is 23.5. The molecule has 1 aliphatic heterocycles. The van der Waals surface area contributed by atoms with Gasteiger partial charge >= 0.3 is 11.9 Å². The SMILES string of the molecule is COC(=O)c1ccccc1C=C1N=C(c2ccccc2F)OC1=O. The molecule has 3 rings (SSSR count). The fourth-order valence-electron chi connectivity index (χ4n) is 2.23. The van der Waals surface area contributed by atoms with Crippen molar-refractivity contribution in [2.24, 2.45) is 4.99 Å². The second-order valence-electron chi connectivity index (χ2n) is 4.89. The van der Waals surface area contributed by atoms with E-state index in [0.29, 0.717) is 5.56 Å². The number of cyclic esters (lactones) is 1. The molecule has 0 fully saturated rings. The van der Waals surface area contributed by atoms with Gasteiger partial charge in [-0.1, -0.05) is 30.3 Å². The van der Waals surface area contributed by atoms with Crippen molar-refractivity contribution in [1.82, 2.24) is 0 Å². The van der Waals surface area contributed by atoms with Gasteiger partial charge in [0.25, 0.3) is 0 Å². The molecule has 24 heavy (non-hydrogen) atoms. The minimum absolute atomic E-state index is 0.0235. The zero-order valence-corrected chi connectivity index (χ0v) is 12.7. The van der Waals surface area contributed by atoms with Crippen LogP contribution in [0.1, 0.15) is 21.5 Å². The van der Waals surface area contributed by atoms with Crippen LogP contribution in [0.3, 0.4) is 0 Å². The summed E-state index contributed by atoms with van der Waals surface area (Å²) in [7, 11) is 1.27. The summed E-state index contributed by atoms with van der Waals surface area (Å²) in [4.78, 5) is 27.8. The molecule has 6 heteroatoms. The van der Waals surface area contributed by atoms with Crippen LogP contribution in [0.4, 0.5) is 4.39 Å². The van der Waals surface area contributed by atoms with Gasteiger partial charge in [-0.15, -0.1) is 0 Å². The molecule has 1 heterocycles. The number of ether oxygens (including phenoxy) is 2. The zero-order chi connectivity index (χ0) is 17.1. The van der Waals surface area contributed by atoms with Crippen molar-refractivity contribution in [2.75, 3.05) is 7.11 Å². The molecule has 0 N–H and O–H groups in total. The molecule has 0 amide bonds. The highest BCUT2D eigenvalue weighted by Crippen LogP contribution is 2.22. The van der Waals surface area contributed by atoms with Gasteiger partial charge in [0.2, 0.25) is 5.90 Å². The Balaban J connectivity index is 2.01. The van der Waals surface area contributed by atoms with Crippen LogP contribution in [-0.2, 0) is 14.3 Å². The quantitative estimate of drug-likeness (QED) is 0.643. The van der Waals surface area contributed by atoms with E-state index in [1.807, 2.05) is 0 Å². The molecule has 120 valence electrons. The molecule has 0 bridgehead atoms. The lowest BCUT2D eigenvalue weighted by Gasteiger charge is -2.03. The van der Waals surface area contributed by atoms with Crippen LogP contribution in [0.2, 0.25) is 0 Å². The number of benzene rings is 2. The van der Waals surface area contributed by atoms with Crippen LogP contribution < -0.4 is 0 Å². The number of hydrogen-bond acceptors (Lipinski definition) is 5. The zero-order valence-electron chi connectivity index (χ0n) is 12.7. The van der Waals surface area contributed by atoms with Crippen molar-refractivity contribution in [3.8, 4) is 0 Å². The third-order valence-corrected chi connectivity index (χ3v) is 3.38. The first-order chi connectivity index (χ1) is 11.6. The first-order valence-corrected chi connectivity index (χ1v) is 7.05. The Morgan fingerprint density at radius 2 is 1.88 bits per heavy atom. The molecule has 0 radical (unpaired) electrons. The van der Waals surface area contributed by atoms with E-state index in [-0.39, 0.29) is 22.7 Å². The van der Waals surface area contributed by atoms with E-state index in [0.717, 1.165) is 0 Å². The standard InChI is InChI=1S/C18H12FNO4/c1-23-17(21)12-7-3-2-6-11(12)10-15-18(22)24-16(20-15)13-8-4-5-9-14(13)19/h2-10H,1H3. The fraction of sp³-hybridized carbons (Fsp3) is 0.0556. The van der Waals surface area contributed by atoms with E-state index in [4.69, 9.17) is 9.47 Å². The number of rotatable bonds is 3. The summed E-state index contributed by atoms with van der Waals surface area (Å²) in [6, 6.07) is 12.5. The molecule has 0 aliphatic carbocycles. The van der Waals surface area contributed by atoms with Crippen molar-refractivity contribution in [3.05, 3.63) is 76.7 Å². The molecule has 0 spiro atoms. The van der Waals surface area contributed by atoms with Crippen molar-refractivity contribution in [2.45, 2.75) is 0 Å². The van der Waals surface area contributed by atoms with Gasteiger partial charge < -0.3 is 9.47 Å². The van der Waals surface area contributed by atoms with Crippen molar-refractivity contribution >= 4 is 23.9 Å². The van der Waals surface area contributed by atoms with Crippen LogP contribution >= 0.6 is 0 Å². The van der Waals surface area contributed by atoms with E-state index >= 15 is 0 Å². The number of halogens is 1. The Hall–Kier alpha value is -3.28. The summed E-state index contributed by atoms with van der Waals surface area (Å²) in [5.74, 6) is -1.90.